The fourth-order valence-electron chi connectivity index (χ4n) is 12.3. The first-order valence-electron chi connectivity index (χ1n) is 17.7. The van der Waals surface area contributed by atoms with Gasteiger partial charge in [0.05, 0.1) is 18.3 Å². The van der Waals surface area contributed by atoms with Crippen LogP contribution < -0.4 is 0 Å². The maximum atomic E-state index is 11.1. The lowest BCUT2D eigenvalue weighted by atomic mass is 9.34. The second-order valence-electron chi connectivity index (χ2n) is 17.7. The van der Waals surface area contributed by atoms with Crippen molar-refractivity contribution in [3.05, 3.63) is 11.6 Å². The van der Waals surface area contributed by atoms with Crippen molar-refractivity contribution in [2.75, 3.05) is 6.61 Å². The molecule has 0 aromatic heterocycles. The Morgan fingerprint density at radius 1 is 0.886 bits per heavy atom. The quantitative estimate of drug-likeness (QED) is 0.235. The number of ether oxygens (including phenoxy) is 2. The summed E-state index contributed by atoms with van der Waals surface area (Å²) in [6.07, 6.45) is 4.87. The van der Waals surface area contributed by atoms with Gasteiger partial charge in [-0.25, -0.2) is 0 Å². The second kappa shape index (κ2) is 11.9. The van der Waals surface area contributed by atoms with Crippen molar-refractivity contribution < 1.29 is 35.0 Å². The smallest absolute Gasteiger partial charge is 0.187 e. The van der Waals surface area contributed by atoms with E-state index in [1.54, 1.807) is 0 Å². The maximum Gasteiger partial charge on any atom is 0.187 e. The average Bonchev–Trinajstić information content (AvgIpc) is 3.33. The van der Waals surface area contributed by atoms with Crippen molar-refractivity contribution in [1.82, 2.24) is 0 Å². The number of fused-ring (bicyclic) bond motifs is 5. The van der Waals surface area contributed by atoms with E-state index in [-0.39, 0.29) is 33.7 Å². The van der Waals surface area contributed by atoms with Crippen molar-refractivity contribution >= 4 is 0 Å². The van der Waals surface area contributed by atoms with Gasteiger partial charge in [0.15, 0.2) is 6.29 Å². The molecule has 7 heteroatoms. The number of allylic oxidation sites excluding steroid dienone is 2. The van der Waals surface area contributed by atoms with Crippen molar-refractivity contribution in [3.8, 4) is 0 Å². The van der Waals surface area contributed by atoms with Crippen LogP contribution in [0.4, 0.5) is 0 Å². The molecule has 1 aliphatic heterocycles. The van der Waals surface area contributed by atoms with Crippen molar-refractivity contribution in [3.63, 3.8) is 0 Å². The molecule has 254 valence electrons. The summed E-state index contributed by atoms with van der Waals surface area (Å²) in [6, 6.07) is 0. The van der Waals surface area contributed by atoms with Crippen LogP contribution in [0.3, 0.4) is 0 Å². The van der Waals surface area contributed by atoms with Gasteiger partial charge in [-0.3, -0.25) is 0 Å². The summed E-state index contributed by atoms with van der Waals surface area (Å²) in [5.74, 6) is 2.25. The monoisotopic (exact) mass is 620 g/mol. The van der Waals surface area contributed by atoms with Gasteiger partial charge in [-0.1, -0.05) is 53.2 Å². The summed E-state index contributed by atoms with van der Waals surface area (Å²) in [5.41, 5.74) is 1.03. The topological polar surface area (TPSA) is 120 Å². The van der Waals surface area contributed by atoms with E-state index in [0.717, 1.165) is 44.9 Å². The van der Waals surface area contributed by atoms with Gasteiger partial charge in [-0.2, -0.15) is 0 Å². The van der Waals surface area contributed by atoms with E-state index >= 15 is 0 Å². The Kier molecular flexibility index (Phi) is 9.37. The third-order valence-electron chi connectivity index (χ3n) is 14.9. The molecule has 1 heterocycles. The zero-order valence-corrected chi connectivity index (χ0v) is 29.1. The standard InChI is InChI=1S/C37H64O7/c1-21(2)11-10-15-37(9,44-32-31(42)30(41)29(40)24(20-38)43-32)23-12-17-36(8)28(23)22(3)19-26-34(6)16-14-27(39)33(4,5)25(34)13-18-35(26,36)7/h11,22-32,38-42H,10,12-20H2,1-9H3/t22-,23+,24?,25?,26?,27+,28?,29-,30-,31?,32+,34+,35-,36-,37+/m1/s1. The molecule has 5 fully saturated rings. The van der Waals surface area contributed by atoms with Crippen LogP contribution in [0.25, 0.3) is 0 Å². The Hall–Kier alpha value is -0.540. The molecule has 0 radical (unpaired) electrons. The highest BCUT2D eigenvalue weighted by atomic mass is 16.7. The van der Waals surface area contributed by atoms with Crippen LogP contribution in [-0.4, -0.2) is 74.6 Å². The minimum Gasteiger partial charge on any atom is -0.394 e. The molecule has 0 aromatic rings. The van der Waals surface area contributed by atoms with Gasteiger partial charge in [0.25, 0.3) is 0 Å². The normalized spacial score (nSPS) is 51.5. The fourth-order valence-corrected chi connectivity index (χ4v) is 12.3. The van der Waals surface area contributed by atoms with Crippen LogP contribution in [0.15, 0.2) is 11.6 Å². The third kappa shape index (κ3) is 5.18. The predicted molar refractivity (Wildman–Crippen MR) is 171 cm³/mol. The molecule has 7 nitrogen and oxygen atoms in total. The van der Waals surface area contributed by atoms with Crippen LogP contribution in [0.5, 0.6) is 0 Å². The van der Waals surface area contributed by atoms with E-state index in [4.69, 9.17) is 9.47 Å². The molecule has 1 saturated heterocycles. The number of hydrogen-bond donors (Lipinski definition) is 5. The number of hydrogen-bond acceptors (Lipinski definition) is 7. The molecular formula is C37H64O7. The summed E-state index contributed by atoms with van der Waals surface area (Å²) in [6.45, 7) is 20.7. The predicted octanol–water partition coefficient (Wildman–Crippen LogP) is 5.60. The van der Waals surface area contributed by atoms with E-state index in [1.165, 1.54) is 18.4 Å². The van der Waals surface area contributed by atoms with Crippen LogP contribution >= 0.6 is 0 Å². The van der Waals surface area contributed by atoms with E-state index in [9.17, 15) is 25.5 Å². The molecule has 44 heavy (non-hydrogen) atoms. The molecule has 5 rings (SSSR count). The zero-order chi connectivity index (χ0) is 32.6. The Morgan fingerprint density at radius 2 is 1.55 bits per heavy atom. The second-order valence-corrected chi connectivity index (χ2v) is 17.7. The number of aliphatic hydroxyl groups is 5. The van der Waals surface area contributed by atoms with E-state index < -0.39 is 42.9 Å². The molecule has 5 unspecified atom stereocenters. The molecule has 4 aliphatic carbocycles. The minimum absolute atomic E-state index is 0.0731. The molecule has 5 aliphatic rings. The van der Waals surface area contributed by atoms with Gasteiger partial charge in [-0.05, 0) is 130 Å². The first-order valence-corrected chi connectivity index (χ1v) is 17.7. The SMILES string of the molecule is CC(C)=CCC[C@](C)(O[C@@H]1OC(CO)[C@@H](O)[C@@H](O)C1O)[C@H]1CC[C@]2(C)C1[C@H](C)CC1[C@@]3(C)CC[C@H](O)C(C)(C)C3CC[C@]12C. The lowest BCUT2D eigenvalue weighted by Gasteiger charge is -2.71. The van der Waals surface area contributed by atoms with Crippen LogP contribution in [0.2, 0.25) is 0 Å². The Balaban J connectivity index is 1.49. The largest absolute Gasteiger partial charge is 0.394 e. The van der Waals surface area contributed by atoms with Gasteiger partial charge in [0, 0.05) is 0 Å². The highest BCUT2D eigenvalue weighted by molar-refractivity contribution is 5.19. The average molecular weight is 621 g/mol. The summed E-state index contributed by atoms with van der Waals surface area (Å²) in [4.78, 5) is 0. The van der Waals surface area contributed by atoms with E-state index in [0.29, 0.717) is 23.7 Å². The fraction of sp³-hybridized carbons (Fsp3) is 0.946. The first kappa shape index (κ1) is 34.8. The molecule has 0 aromatic carbocycles. The molecular weight excluding hydrogens is 556 g/mol. The molecule has 5 N–H and O–H groups in total. The highest BCUT2D eigenvalue weighted by Crippen LogP contribution is 2.77. The summed E-state index contributed by atoms with van der Waals surface area (Å²) in [7, 11) is 0. The van der Waals surface area contributed by atoms with E-state index in [1.807, 2.05) is 0 Å². The third-order valence-corrected chi connectivity index (χ3v) is 14.9. The van der Waals surface area contributed by atoms with Crippen LogP contribution in [-0.2, 0) is 9.47 Å². The molecule has 4 saturated carbocycles. The lowest BCUT2D eigenvalue weighted by molar-refractivity contribution is -0.335. The molecule has 0 amide bonds. The van der Waals surface area contributed by atoms with Crippen molar-refractivity contribution in [2.24, 2.45) is 51.2 Å². The summed E-state index contributed by atoms with van der Waals surface area (Å²) >= 11 is 0. The molecule has 0 spiro atoms. The highest BCUT2D eigenvalue weighted by Gasteiger charge is 2.71. The number of aliphatic hydroxyl groups excluding tert-OH is 5. The maximum absolute atomic E-state index is 11.1. The van der Waals surface area contributed by atoms with Crippen LogP contribution in [0, 0.1) is 51.2 Å². The van der Waals surface area contributed by atoms with E-state index in [2.05, 4.69) is 68.4 Å². The van der Waals surface area contributed by atoms with Crippen LogP contribution in [0.1, 0.15) is 120 Å². The summed E-state index contributed by atoms with van der Waals surface area (Å²) < 4.78 is 12.8. The van der Waals surface area contributed by atoms with Gasteiger partial charge >= 0.3 is 0 Å². The van der Waals surface area contributed by atoms with Gasteiger partial charge in [-0.15, -0.1) is 0 Å². The zero-order valence-electron chi connectivity index (χ0n) is 29.1. The van der Waals surface area contributed by atoms with Gasteiger partial charge < -0.3 is 35.0 Å². The molecule has 15 atom stereocenters. The molecule has 0 bridgehead atoms. The van der Waals surface area contributed by atoms with Crippen molar-refractivity contribution in [1.29, 1.82) is 0 Å². The summed E-state index contributed by atoms with van der Waals surface area (Å²) in [5, 5.41) is 52.9. The minimum atomic E-state index is -1.45. The lowest BCUT2D eigenvalue weighted by Crippen LogP contribution is -2.66. The van der Waals surface area contributed by atoms with Gasteiger partial charge in [0.1, 0.15) is 24.4 Å². The Bertz CT molecular complexity index is 1070. The van der Waals surface area contributed by atoms with Gasteiger partial charge in [0.2, 0.25) is 0 Å². The Labute approximate surface area is 266 Å². The first-order chi connectivity index (χ1) is 20.4. The van der Waals surface area contributed by atoms with Crippen molar-refractivity contribution in [2.45, 2.75) is 163 Å². The number of rotatable bonds is 7. The Morgan fingerprint density at radius 3 is 2.18 bits per heavy atom.